The number of rotatable bonds is 8. The minimum absolute atomic E-state index is 0.00274. The van der Waals surface area contributed by atoms with E-state index in [0.717, 1.165) is 6.42 Å². The number of benzene rings is 1. The third-order valence-corrected chi connectivity index (χ3v) is 5.07. The predicted molar refractivity (Wildman–Crippen MR) is 116 cm³/mol. The SMILES string of the molecule is CCC(C)NC(=O)CN1CCN(C(=O)Nc2ccc(C(=O)NCC(=O)OC)cc2)CC1. The highest BCUT2D eigenvalue weighted by atomic mass is 16.5. The Balaban J connectivity index is 1.76. The minimum atomic E-state index is -0.534. The predicted octanol–water partition coefficient (Wildman–Crippen LogP) is 0.654. The van der Waals surface area contributed by atoms with Gasteiger partial charge in [0, 0.05) is 43.5 Å². The number of hydrogen-bond donors (Lipinski definition) is 3. The molecule has 0 aromatic heterocycles. The summed E-state index contributed by atoms with van der Waals surface area (Å²) < 4.78 is 4.47. The van der Waals surface area contributed by atoms with E-state index in [2.05, 4.69) is 20.7 Å². The Bertz CT molecular complexity index is 775. The highest BCUT2D eigenvalue weighted by Crippen LogP contribution is 2.12. The van der Waals surface area contributed by atoms with Crippen LogP contribution >= 0.6 is 0 Å². The Morgan fingerprint density at radius 3 is 2.29 bits per heavy atom. The standard InChI is InChI=1S/C21H31N5O5/c1-4-15(2)23-18(27)14-25-9-11-26(12-10-25)21(30)24-17-7-5-16(6-8-17)20(29)22-13-19(28)31-3/h5-8,15H,4,9-14H2,1-3H3,(H,22,29)(H,23,27)(H,24,30). The smallest absolute Gasteiger partial charge is 0.325 e. The van der Waals surface area contributed by atoms with Crippen molar-refractivity contribution in [3.63, 3.8) is 0 Å². The number of nitrogens with zero attached hydrogens (tertiary/aromatic N) is 2. The number of methoxy groups -OCH3 is 1. The number of ether oxygens (including phenoxy) is 1. The van der Waals surface area contributed by atoms with Crippen molar-refractivity contribution in [2.45, 2.75) is 26.3 Å². The number of urea groups is 1. The van der Waals surface area contributed by atoms with Crippen LogP contribution in [0.4, 0.5) is 10.5 Å². The zero-order valence-electron chi connectivity index (χ0n) is 18.3. The van der Waals surface area contributed by atoms with Crippen molar-refractivity contribution >= 4 is 29.5 Å². The van der Waals surface area contributed by atoms with E-state index in [1.54, 1.807) is 29.2 Å². The molecule has 0 bridgehead atoms. The monoisotopic (exact) mass is 433 g/mol. The molecule has 10 heteroatoms. The van der Waals surface area contributed by atoms with Gasteiger partial charge in [-0.2, -0.15) is 0 Å². The van der Waals surface area contributed by atoms with Gasteiger partial charge in [-0.15, -0.1) is 0 Å². The molecule has 170 valence electrons. The fourth-order valence-corrected chi connectivity index (χ4v) is 2.97. The first-order chi connectivity index (χ1) is 14.8. The van der Waals surface area contributed by atoms with Crippen LogP contribution in [0.5, 0.6) is 0 Å². The van der Waals surface area contributed by atoms with E-state index in [1.807, 2.05) is 18.7 Å². The average Bonchev–Trinajstić information content (AvgIpc) is 2.77. The van der Waals surface area contributed by atoms with Gasteiger partial charge in [0.2, 0.25) is 5.91 Å². The Hall–Kier alpha value is -3.14. The molecule has 0 saturated carbocycles. The molecule has 3 N–H and O–H groups in total. The fraction of sp³-hybridized carbons (Fsp3) is 0.524. The average molecular weight is 434 g/mol. The van der Waals surface area contributed by atoms with Gasteiger partial charge in [-0.25, -0.2) is 4.79 Å². The minimum Gasteiger partial charge on any atom is -0.468 e. The third kappa shape index (κ3) is 7.89. The molecule has 1 heterocycles. The summed E-state index contributed by atoms with van der Waals surface area (Å²) >= 11 is 0. The maximum absolute atomic E-state index is 12.5. The topological polar surface area (TPSA) is 120 Å². The van der Waals surface area contributed by atoms with E-state index < -0.39 is 11.9 Å². The van der Waals surface area contributed by atoms with Gasteiger partial charge in [-0.3, -0.25) is 19.3 Å². The van der Waals surface area contributed by atoms with Crippen molar-refractivity contribution < 1.29 is 23.9 Å². The first-order valence-electron chi connectivity index (χ1n) is 10.3. The second kappa shape index (κ2) is 11.9. The second-order valence-electron chi connectivity index (χ2n) is 7.41. The highest BCUT2D eigenvalue weighted by molar-refractivity contribution is 5.97. The van der Waals surface area contributed by atoms with Crippen molar-refractivity contribution in [1.29, 1.82) is 0 Å². The van der Waals surface area contributed by atoms with Crippen LogP contribution in [0.15, 0.2) is 24.3 Å². The third-order valence-electron chi connectivity index (χ3n) is 5.07. The summed E-state index contributed by atoms with van der Waals surface area (Å²) in [7, 11) is 1.25. The molecular weight excluding hydrogens is 402 g/mol. The number of carbonyl (C=O) groups is 4. The van der Waals surface area contributed by atoms with Crippen LogP contribution in [-0.4, -0.2) is 86.0 Å². The van der Waals surface area contributed by atoms with Crippen LogP contribution in [0.2, 0.25) is 0 Å². The van der Waals surface area contributed by atoms with Crippen molar-refractivity contribution in [2.24, 2.45) is 0 Å². The number of hydrogen-bond acceptors (Lipinski definition) is 6. The lowest BCUT2D eigenvalue weighted by Crippen LogP contribution is -2.52. The summed E-state index contributed by atoms with van der Waals surface area (Å²) in [6.45, 7) is 6.42. The van der Waals surface area contributed by atoms with Crippen LogP contribution in [0.1, 0.15) is 30.6 Å². The Kier molecular flexibility index (Phi) is 9.26. The van der Waals surface area contributed by atoms with Crippen molar-refractivity contribution in [2.75, 3.05) is 51.7 Å². The van der Waals surface area contributed by atoms with Crippen molar-refractivity contribution in [3.05, 3.63) is 29.8 Å². The van der Waals surface area contributed by atoms with E-state index in [1.165, 1.54) is 7.11 Å². The molecule has 1 saturated heterocycles. The normalized spacial score (nSPS) is 15.0. The molecule has 1 fully saturated rings. The van der Waals surface area contributed by atoms with Gasteiger partial charge in [0.1, 0.15) is 6.54 Å². The molecule has 1 aromatic rings. The number of piperazine rings is 1. The van der Waals surface area contributed by atoms with E-state index in [4.69, 9.17) is 0 Å². The Morgan fingerprint density at radius 2 is 1.71 bits per heavy atom. The van der Waals surface area contributed by atoms with E-state index in [0.29, 0.717) is 44.0 Å². The molecule has 0 radical (unpaired) electrons. The first-order valence-corrected chi connectivity index (χ1v) is 10.3. The lowest BCUT2D eigenvalue weighted by molar-refractivity contribution is -0.139. The van der Waals surface area contributed by atoms with Gasteiger partial charge in [0.25, 0.3) is 5.91 Å². The summed E-state index contributed by atoms with van der Waals surface area (Å²) in [6.07, 6.45) is 0.888. The molecule has 1 atom stereocenters. The molecular formula is C21H31N5O5. The van der Waals surface area contributed by atoms with Crippen LogP contribution in [0.25, 0.3) is 0 Å². The summed E-state index contributed by atoms with van der Waals surface area (Å²) in [4.78, 5) is 51.3. The molecule has 31 heavy (non-hydrogen) atoms. The number of nitrogens with one attached hydrogen (secondary N) is 3. The molecule has 2 rings (SSSR count). The molecule has 1 aliphatic heterocycles. The lowest BCUT2D eigenvalue weighted by atomic mass is 10.2. The summed E-state index contributed by atoms with van der Waals surface area (Å²) in [6, 6.07) is 6.31. The van der Waals surface area contributed by atoms with Gasteiger partial charge in [-0.1, -0.05) is 6.92 Å². The Labute approximate surface area is 182 Å². The zero-order valence-corrected chi connectivity index (χ0v) is 18.3. The number of esters is 1. The molecule has 0 aliphatic carbocycles. The molecule has 4 amide bonds. The van der Waals surface area contributed by atoms with Crippen LogP contribution in [0.3, 0.4) is 0 Å². The quantitative estimate of drug-likeness (QED) is 0.518. The van der Waals surface area contributed by atoms with Crippen LogP contribution in [-0.2, 0) is 14.3 Å². The van der Waals surface area contributed by atoms with Gasteiger partial charge < -0.3 is 25.6 Å². The number of carbonyl (C=O) groups excluding carboxylic acids is 4. The van der Waals surface area contributed by atoms with Crippen LogP contribution in [0, 0.1) is 0 Å². The van der Waals surface area contributed by atoms with Gasteiger partial charge in [0.05, 0.1) is 13.7 Å². The maximum Gasteiger partial charge on any atom is 0.325 e. The molecule has 1 aliphatic rings. The molecule has 1 aromatic carbocycles. The second-order valence-corrected chi connectivity index (χ2v) is 7.41. The molecule has 10 nitrogen and oxygen atoms in total. The van der Waals surface area contributed by atoms with Gasteiger partial charge in [-0.05, 0) is 37.6 Å². The van der Waals surface area contributed by atoms with E-state index in [-0.39, 0.29) is 24.5 Å². The lowest BCUT2D eigenvalue weighted by Gasteiger charge is -2.34. The highest BCUT2D eigenvalue weighted by Gasteiger charge is 2.22. The maximum atomic E-state index is 12.5. The van der Waals surface area contributed by atoms with Crippen molar-refractivity contribution in [1.82, 2.24) is 20.4 Å². The van der Waals surface area contributed by atoms with Crippen molar-refractivity contribution in [3.8, 4) is 0 Å². The molecule has 1 unspecified atom stereocenters. The van der Waals surface area contributed by atoms with E-state index in [9.17, 15) is 19.2 Å². The Morgan fingerprint density at radius 1 is 1.06 bits per heavy atom. The number of anilines is 1. The van der Waals surface area contributed by atoms with Gasteiger partial charge in [0.15, 0.2) is 0 Å². The fourth-order valence-electron chi connectivity index (χ4n) is 2.97. The number of amides is 4. The zero-order chi connectivity index (χ0) is 22.8. The largest absolute Gasteiger partial charge is 0.468 e. The molecule has 0 spiro atoms. The van der Waals surface area contributed by atoms with Crippen LogP contribution < -0.4 is 16.0 Å². The summed E-state index contributed by atoms with van der Waals surface area (Å²) in [5.41, 5.74) is 0.927. The first kappa shape index (κ1) is 24.1. The summed E-state index contributed by atoms with van der Waals surface area (Å²) in [5.74, 6) is -0.937. The van der Waals surface area contributed by atoms with Gasteiger partial charge >= 0.3 is 12.0 Å². The summed E-state index contributed by atoms with van der Waals surface area (Å²) in [5, 5.41) is 8.21. The van der Waals surface area contributed by atoms with E-state index >= 15 is 0 Å².